The largest absolute Gasteiger partial charge is 0.504 e. The fraction of sp³-hybridized carbons (Fsp3) is 0.158. The van der Waals surface area contributed by atoms with Gasteiger partial charge in [-0.1, -0.05) is 18.2 Å². The lowest BCUT2D eigenvalue weighted by molar-refractivity contribution is -0.137. The van der Waals surface area contributed by atoms with E-state index in [0.29, 0.717) is 9.87 Å². The van der Waals surface area contributed by atoms with Crippen LogP contribution in [0.3, 0.4) is 0 Å². The minimum Gasteiger partial charge on any atom is -0.504 e. The Morgan fingerprint density at radius 1 is 1.21 bits per heavy atom. The molecule has 1 aliphatic rings. The lowest BCUT2D eigenvalue weighted by Crippen LogP contribution is -2.33. The topological polar surface area (TPSA) is 110 Å². The Labute approximate surface area is 161 Å². The van der Waals surface area contributed by atoms with Gasteiger partial charge in [0.15, 0.2) is 11.5 Å². The summed E-state index contributed by atoms with van der Waals surface area (Å²) in [7, 11) is -2.52. The van der Waals surface area contributed by atoms with Crippen molar-refractivity contribution in [3.05, 3.63) is 59.7 Å². The van der Waals surface area contributed by atoms with Gasteiger partial charge in [-0.05, 0) is 35.9 Å². The predicted molar refractivity (Wildman–Crippen MR) is 99.3 cm³/mol. The van der Waals surface area contributed by atoms with Crippen LogP contribution in [-0.2, 0) is 19.6 Å². The smallest absolute Gasteiger partial charge is 0.330 e. The predicted octanol–water partition coefficient (Wildman–Crippen LogP) is 1.80. The summed E-state index contributed by atoms with van der Waals surface area (Å²) in [4.78, 5) is 24.0. The van der Waals surface area contributed by atoms with Crippen molar-refractivity contribution in [2.24, 2.45) is 0 Å². The standard InChI is InChI=1S/C19H17NO7S/c1-26-16-12-13(6-8-15(16)21)7-9-18(22)27-11-10-20-19(23)14-4-2-3-5-17(14)28(20,24)25/h2-9,12,21H,10-11H2,1H3/b9-7+. The Hall–Kier alpha value is -3.33. The molecule has 0 saturated carbocycles. The van der Waals surface area contributed by atoms with Gasteiger partial charge in [0.05, 0.1) is 19.2 Å². The van der Waals surface area contributed by atoms with Gasteiger partial charge in [-0.2, -0.15) is 0 Å². The molecule has 2 aromatic carbocycles. The van der Waals surface area contributed by atoms with Gasteiger partial charge in [0, 0.05) is 6.08 Å². The number of benzene rings is 2. The third-order valence-corrected chi connectivity index (χ3v) is 5.91. The molecule has 1 N–H and O–H groups in total. The SMILES string of the molecule is COc1cc(/C=C/C(=O)OCCN2C(=O)c3ccccc3S2(=O)=O)ccc1O. The van der Waals surface area contributed by atoms with Gasteiger partial charge in [0.1, 0.15) is 11.5 Å². The summed E-state index contributed by atoms with van der Waals surface area (Å²) in [5.41, 5.74) is 0.703. The normalized spacial score (nSPS) is 14.9. The van der Waals surface area contributed by atoms with Crippen molar-refractivity contribution in [1.29, 1.82) is 0 Å². The third-order valence-electron chi connectivity index (χ3n) is 4.07. The summed E-state index contributed by atoms with van der Waals surface area (Å²) in [5, 5.41) is 9.54. The third kappa shape index (κ3) is 3.70. The summed E-state index contributed by atoms with van der Waals surface area (Å²) in [6.45, 7) is -0.552. The number of ether oxygens (including phenoxy) is 2. The number of phenols is 1. The van der Waals surface area contributed by atoms with E-state index in [4.69, 9.17) is 9.47 Å². The van der Waals surface area contributed by atoms with Crippen LogP contribution in [0.25, 0.3) is 6.08 Å². The molecule has 1 heterocycles. The minimum atomic E-state index is -3.92. The first-order valence-electron chi connectivity index (χ1n) is 8.22. The van der Waals surface area contributed by atoms with Crippen molar-refractivity contribution in [2.45, 2.75) is 4.90 Å². The molecule has 0 aromatic heterocycles. The number of esters is 1. The molecule has 2 aromatic rings. The number of hydrogen-bond donors (Lipinski definition) is 1. The first-order chi connectivity index (χ1) is 13.3. The number of phenolic OH excluding ortho intramolecular Hbond substituents is 1. The molecule has 0 atom stereocenters. The van der Waals surface area contributed by atoms with E-state index in [-0.39, 0.29) is 35.1 Å². The average Bonchev–Trinajstić information content (AvgIpc) is 2.88. The second kappa shape index (κ2) is 7.73. The second-order valence-corrected chi connectivity index (χ2v) is 7.64. The molecule has 0 unspecified atom stereocenters. The van der Waals surface area contributed by atoms with Gasteiger partial charge < -0.3 is 14.6 Å². The summed E-state index contributed by atoms with van der Waals surface area (Å²) < 4.78 is 35.4. The van der Waals surface area contributed by atoms with Gasteiger partial charge in [0.25, 0.3) is 15.9 Å². The molecule has 8 nitrogen and oxygen atoms in total. The highest BCUT2D eigenvalue weighted by Crippen LogP contribution is 2.29. The Balaban J connectivity index is 1.58. The zero-order valence-corrected chi connectivity index (χ0v) is 15.7. The zero-order chi connectivity index (χ0) is 20.3. The van der Waals surface area contributed by atoms with Crippen molar-refractivity contribution in [3.63, 3.8) is 0 Å². The zero-order valence-electron chi connectivity index (χ0n) is 14.9. The Bertz CT molecular complexity index is 1060. The van der Waals surface area contributed by atoms with Crippen LogP contribution in [0, 0.1) is 0 Å². The molecule has 0 radical (unpaired) electrons. The van der Waals surface area contributed by atoms with E-state index in [9.17, 15) is 23.1 Å². The van der Waals surface area contributed by atoms with E-state index in [1.807, 2.05) is 0 Å². The van der Waals surface area contributed by atoms with E-state index in [1.54, 1.807) is 12.1 Å². The summed E-state index contributed by atoms with van der Waals surface area (Å²) in [6.07, 6.45) is 2.61. The van der Waals surface area contributed by atoms with Crippen molar-refractivity contribution in [3.8, 4) is 11.5 Å². The van der Waals surface area contributed by atoms with E-state index in [0.717, 1.165) is 6.08 Å². The highest BCUT2D eigenvalue weighted by molar-refractivity contribution is 7.90. The number of aromatic hydroxyl groups is 1. The number of nitrogens with zero attached hydrogens (tertiary/aromatic N) is 1. The maximum Gasteiger partial charge on any atom is 0.330 e. The Morgan fingerprint density at radius 2 is 1.96 bits per heavy atom. The van der Waals surface area contributed by atoms with Crippen LogP contribution in [0.15, 0.2) is 53.4 Å². The molecule has 146 valence electrons. The van der Waals surface area contributed by atoms with Crippen molar-refractivity contribution >= 4 is 28.0 Å². The average molecular weight is 403 g/mol. The minimum absolute atomic E-state index is 0.0280. The van der Waals surface area contributed by atoms with Crippen LogP contribution in [0.1, 0.15) is 15.9 Å². The molecule has 28 heavy (non-hydrogen) atoms. The van der Waals surface area contributed by atoms with E-state index >= 15 is 0 Å². The number of sulfonamides is 1. The maximum atomic E-state index is 12.4. The van der Waals surface area contributed by atoms with Gasteiger partial charge in [0.2, 0.25) is 0 Å². The van der Waals surface area contributed by atoms with Crippen LogP contribution >= 0.6 is 0 Å². The summed E-state index contributed by atoms with van der Waals surface area (Å²) in [5.74, 6) is -1.11. The molecule has 0 saturated heterocycles. The van der Waals surface area contributed by atoms with Crippen molar-refractivity contribution in [1.82, 2.24) is 4.31 Å². The molecule has 0 fully saturated rings. The number of carbonyl (C=O) groups is 2. The van der Waals surface area contributed by atoms with Gasteiger partial charge >= 0.3 is 5.97 Å². The molecule has 0 aliphatic carbocycles. The van der Waals surface area contributed by atoms with Crippen molar-refractivity contribution in [2.75, 3.05) is 20.3 Å². The lowest BCUT2D eigenvalue weighted by Gasteiger charge is -2.14. The number of hydrogen-bond acceptors (Lipinski definition) is 7. The summed E-state index contributed by atoms with van der Waals surface area (Å²) >= 11 is 0. The quantitative estimate of drug-likeness (QED) is 0.578. The number of methoxy groups -OCH3 is 1. The maximum absolute atomic E-state index is 12.4. The van der Waals surface area contributed by atoms with Crippen molar-refractivity contribution < 1.29 is 32.6 Å². The Morgan fingerprint density at radius 3 is 2.68 bits per heavy atom. The number of amides is 1. The fourth-order valence-electron chi connectivity index (χ4n) is 2.69. The van der Waals surface area contributed by atoms with E-state index in [2.05, 4.69) is 0 Å². The summed E-state index contributed by atoms with van der Waals surface area (Å²) in [6, 6.07) is 10.5. The monoisotopic (exact) mass is 403 g/mol. The molecule has 0 bridgehead atoms. The van der Waals surface area contributed by atoms with Gasteiger partial charge in [-0.3, -0.25) is 4.79 Å². The first-order valence-corrected chi connectivity index (χ1v) is 9.66. The van der Waals surface area contributed by atoms with Crippen LogP contribution in [0.4, 0.5) is 0 Å². The highest BCUT2D eigenvalue weighted by Gasteiger charge is 2.40. The van der Waals surface area contributed by atoms with Crippen LogP contribution in [-0.4, -0.2) is 50.0 Å². The van der Waals surface area contributed by atoms with Gasteiger partial charge in [-0.25, -0.2) is 17.5 Å². The van der Waals surface area contributed by atoms with Crippen LogP contribution < -0.4 is 4.74 Å². The number of rotatable bonds is 6. The molecule has 0 spiro atoms. The highest BCUT2D eigenvalue weighted by atomic mass is 32.2. The first kappa shape index (κ1) is 19.4. The molecular formula is C19H17NO7S. The fourth-order valence-corrected chi connectivity index (χ4v) is 4.24. The second-order valence-electron chi connectivity index (χ2n) is 5.81. The molecule has 1 aliphatic heterocycles. The number of carbonyl (C=O) groups excluding carboxylic acids is 2. The van der Waals surface area contributed by atoms with Crippen LogP contribution in [0.5, 0.6) is 11.5 Å². The van der Waals surface area contributed by atoms with E-state index in [1.165, 1.54) is 43.5 Å². The van der Waals surface area contributed by atoms with E-state index < -0.39 is 21.9 Å². The molecule has 9 heteroatoms. The van der Waals surface area contributed by atoms with Gasteiger partial charge in [-0.15, -0.1) is 0 Å². The lowest BCUT2D eigenvalue weighted by atomic mass is 10.2. The Kier molecular flexibility index (Phi) is 5.36. The molecular weight excluding hydrogens is 386 g/mol. The van der Waals surface area contributed by atoms with Crippen LogP contribution in [0.2, 0.25) is 0 Å². The molecule has 3 rings (SSSR count). The number of fused-ring (bicyclic) bond motifs is 1. The molecule has 1 amide bonds.